The third-order valence-corrected chi connectivity index (χ3v) is 3.79. The SMILES string of the molecule is CN=C(NCCCCCOC)NCC(C)(C)c1ccccc1.I. The van der Waals surface area contributed by atoms with Crippen molar-refractivity contribution in [3.8, 4) is 0 Å². The average molecular weight is 433 g/mol. The van der Waals surface area contributed by atoms with Gasteiger partial charge in [-0.15, -0.1) is 24.0 Å². The molecule has 0 saturated carbocycles. The lowest BCUT2D eigenvalue weighted by Gasteiger charge is -2.26. The number of methoxy groups -OCH3 is 1. The molecule has 0 saturated heterocycles. The molecule has 0 bridgehead atoms. The van der Waals surface area contributed by atoms with Gasteiger partial charge in [-0.3, -0.25) is 4.99 Å². The number of hydrogen-bond donors (Lipinski definition) is 2. The van der Waals surface area contributed by atoms with Gasteiger partial charge in [-0.25, -0.2) is 0 Å². The van der Waals surface area contributed by atoms with Crippen LogP contribution in [0.3, 0.4) is 0 Å². The molecular weight excluding hydrogens is 401 g/mol. The minimum Gasteiger partial charge on any atom is -0.385 e. The Bertz CT molecular complexity index is 435. The van der Waals surface area contributed by atoms with Crippen LogP contribution in [0.4, 0.5) is 0 Å². The third-order valence-electron chi connectivity index (χ3n) is 3.79. The van der Waals surface area contributed by atoms with Crippen LogP contribution in [0.25, 0.3) is 0 Å². The molecule has 0 radical (unpaired) electrons. The molecular formula is C18H32IN3O. The predicted molar refractivity (Wildman–Crippen MR) is 110 cm³/mol. The molecule has 1 aromatic carbocycles. The summed E-state index contributed by atoms with van der Waals surface area (Å²) >= 11 is 0. The highest BCUT2D eigenvalue weighted by atomic mass is 127. The van der Waals surface area contributed by atoms with Gasteiger partial charge in [0.2, 0.25) is 0 Å². The Morgan fingerprint density at radius 2 is 1.78 bits per heavy atom. The van der Waals surface area contributed by atoms with Gasteiger partial charge < -0.3 is 15.4 Å². The summed E-state index contributed by atoms with van der Waals surface area (Å²) in [6, 6.07) is 10.6. The Morgan fingerprint density at radius 3 is 2.39 bits per heavy atom. The summed E-state index contributed by atoms with van der Waals surface area (Å²) in [5.74, 6) is 0.871. The highest BCUT2D eigenvalue weighted by Gasteiger charge is 2.20. The highest BCUT2D eigenvalue weighted by Crippen LogP contribution is 2.21. The lowest BCUT2D eigenvalue weighted by Crippen LogP contribution is -2.43. The molecule has 0 fully saturated rings. The first kappa shape index (κ1) is 22.2. The van der Waals surface area contributed by atoms with Crippen molar-refractivity contribution in [2.24, 2.45) is 4.99 Å². The number of aliphatic imine (C=N–C) groups is 1. The fourth-order valence-electron chi connectivity index (χ4n) is 2.27. The van der Waals surface area contributed by atoms with Crippen molar-refractivity contribution in [2.45, 2.75) is 38.5 Å². The summed E-state index contributed by atoms with van der Waals surface area (Å²) in [6.45, 7) is 7.12. The fourth-order valence-corrected chi connectivity index (χ4v) is 2.27. The monoisotopic (exact) mass is 433 g/mol. The van der Waals surface area contributed by atoms with E-state index >= 15 is 0 Å². The van der Waals surface area contributed by atoms with Crippen molar-refractivity contribution >= 4 is 29.9 Å². The maximum Gasteiger partial charge on any atom is 0.191 e. The Balaban J connectivity index is 0.00000484. The van der Waals surface area contributed by atoms with Crippen LogP contribution in [0, 0.1) is 0 Å². The second kappa shape index (κ2) is 12.6. The van der Waals surface area contributed by atoms with Crippen LogP contribution < -0.4 is 10.6 Å². The molecule has 0 unspecified atom stereocenters. The number of hydrogen-bond acceptors (Lipinski definition) is 2. The molecule has 0 aliphatic heterocycles. The van der Waals surface area contributed by atoms with Gasteiger partial charge >= 0.3 is 0 Å². The molecule has 0 heterocycles. The largest absolute Gasteiger partial charge is 0.385 e. The number of nitrogens with one attached hydrogen (secondary N) is 2. The van der Waals surface area contributed by atoms with Gasteiger partial charge in [-0.05, 0) is 24.8 Å². The Labute approximate surface area is 158 Å². The summed E-state index contributed by atoms with van der Waals surface area (Å²) in [4.78, 5) is 4.29. The van der Waals surface area contributed by atoms with Gasteiger partial charge in [0, 0.05) is 39.3 Å². The van der Waals surface area contributed by atoms with Gasteiger partial charge in [0.05, 0.1) is 0 Å². The van der Waals surface area contributed by atoms with Crippen LogP contribution in [0.1, 0.15) is 38.7 Å². The summed E-state index contributed by atoms with van der Waals surface area (Å²) in [6.07, 6.45) is 3.42. The van der Waals surface area contributed by atoms with Crippen molar-refractivity contribution < 1.29 is 4.74 Å². The topological polar surface area (TPSA) is 45.7 Å². The molecule has 0 amide bonds. The molecule has 132 valence electrons. The standard InChI is InChI=1S/C18H31N3O.HI/c1-18(2,16-11-7-5-8-12-16)15-21-17(19-3)20-13-9-6-10-14-22-4;/h5,7-8,11-12H,6,9-10,13-15H2,1-4H3,(H2,19,20,21);1H. The van der Waals surface area contributed by atoms with E-state index in [4.69, 9.17) is 4.74 Å². The van der Waals surface area contributed by atoms with Crippen LogP contribution in [-0.4, -0.2) is 39.8 Å². The first-order valence-electron chi connectivity index (χ1n) is 8.09. The summed E-state index contributed by atoms with van der Waals surface area (Å²) in [7, 11) is 3.56. The van der Waals surface area contributed by atoms with Crippen LogP contribution in [0.2, 0.25) is 0 Å². The molecule has 0 aromatic heterocycles. The van der Waals surface area contributed by atoms with Gasteiger partial charge in [-0.1, -0.05) is 44.2 Å². The van der Waals surface area contributed by atoms with Crippen molar-refractivity contribution in [1.29, 1.82) is 0 Å². The quantitative estimate of drug-likeness (QED) is 0.271. The van der Waals surface area contributed by atoms with Crippen LogP contribution >= 0.6 is 24.0 Å². The number of benzene rings is 1. The zero-order valence-corrected chi connectivity index (χ0v) is 17.2. The van der Waals surface area contributed by atoms with Crippen LogP contribution in [0.15, 0.2) is 35.3 Å². The molecule has 0 atom stereocenters. The Morgan fingerprint density at radius 1 is 1.09 bits per heavy atom. The summed E-state index contributed by atoms with van der Waals surface area (Å²) < 4.78 is 5.05. The van der Waals surface area contributed by atoms with Gasteiger partial charge in [0.15, 0.2) is 5.96 Å². The number of unbranched alkanes of at least 4 members (excludes halogenated alkanes) is 2. The second-order valence-corrected chi connectivity index (χ2v) is 6.16. The Hall–Kier alpha value is -0.820. The number of nitrogens with zero attached hydrogens (tertiary/aromatic N) is 1. The van der Waals surface area contributed by atoms with Gasteiger partial charge in [0.25, 0.3) is 0 Å². The normalized spacial score (nSPS) is 11.7. The lowest BCUT2D eigenvalue weighted by atomic mass is 9.85. The summed E-state index contributed by atoms with van der Waals surface area (Å²) in [5, 5.41) is 6.79. The number of guanidine groups is 1. The molecule has 2 N–H and O–H groups in total. The Kier molecular flexibility index (Phi) is 12.1. The molecule has 4 nitrogen and oxygen atoms in total. The maximum absolute atomic E-state index is 5.05. The highest BCUT2D eigenvalue weighted by molar-refractivity contribution is 14.0. The summed E-state index contributed by atoms with van der Waals surface area (Å²) in [5.41, 5.74) is 1.40. The molecule has 0 aliphatic carbocycles. The molecule has 0 aliphatic rings. The molecule has 1 rings (SSSR count). The molecule has 23 heavy (non-hydrogen) atoms. The number of halogens is 1. The van der Waals surface area contributed by atoms with E-state index < -0.39 is 0 Å². The van der Waals surface area contributed by atoms with E-state index in [0.717, 1.165) is 38.5 Å². The molecule has 1 aromatic rings. The van der Waals surface area contributed by atoms with Gasteiger partial charge in [0.1, 0.15) is 0 Å². The van der Waals surface area contributed by atoms with E-state index in [-0.39, 0.29) is 29.4 Å². The molecule has 0 spiro atoms. The number of ether oxygens (including phenoxy) is 1. The first-order valence-corrected chi connectivity index (χ1v) is 8.09. The lowest BCUT2D eigenvalue weighted by molar-refractivity contribution is 0.192. The van der Waals surface area contributed by atoms with Crippen molar-refractivity contribution in [1.82, 2.24) is 10.6 Å². The van der Waals surface area contributed by atoms with Crippen molar-refractivity contribution in [3.63, 3.8) is 0 Å². The fraction of sp³-hybridized carbons (Fsp3) is 0.611. The molecule has 5 heteroatoms. The van der Waals surface area contributed by atoms with Crippen LogP contribution in [-0.2, 0) is 10.2 Å². The average Bonchev–Trinajstić information content (AvgIpc) is 2.54. The van der Waals surface area contributed by atoms with E-state index in [1.54, 1.807) is 7.11 Å². The number of rotatable bonds is 9. The van der Waals surface area contributed by atoms with Crippen LogP contribution in [0.5, 0.6) is 0 Å². The van der Waals surface area contributed by atoms with E-state index in [2.05, 4.69) is 59.8 Å². The minimum atomic E-state index is 0. The maximum atomic E-state index is 5.05. The second-order valence-electron chi connectivity index (χ2n) is 6.16. The van der Waals surface area contributed by atoms with E-state index in [0.29, 0.717) is 0 Å². The van der Waals surface area contributed by atoms with E-state index in [1.807, 2.05) is 7.05 Å². The zero-order chi connectivity index (χ0) is 16.3. The smallest absolute Gasteiger partial charge is 0.191 e. The predicted octanol–water partition coefficient (Wildman–Crippen LogP) is 3.56. The third kappa shape index (κ3) is 9.15. The first-order chi connectivity index (χ1) is 10.6. The zero-order valence-electron chi connectivity index (χ0n) is 14.9. The van der Waals surface area contributed by atoms with Crippen molar-refractivity contribution in [3.05, 3.63) is 35.9 Å². The van der Waals surface area contributed by atoms with E-state index in [1.165, 1.54) is 12.0 Å². The van der Waals surface area contributed by atoms with Crippen molar-refractivity contribution in [2.75, 3.05) is 33.9 Å². The van der Waals surface area contributed by atoms with Gasteiger partial charge in [-0.2, -0.15) is 0 Å². The van der Waals surface area contributed by atoms with E-state index in [9.17, 15) is 0 Å². The minimum absolute atomic E-state index is 0.